The van der Waals surface area contributed by atoms with Gasteiger partial charge in [0, 0.05) is 17.4 Å². The molecule has 0 unspecified atom stereocenters. The SMILES string of the molecule is Cc1cc([C@H](C)N2CCc3c(cc(CBr)cc3-c3ccc(F)cc3C)C2=O)ccc1F. The molecule has 0 spiro atoms. The highest BCUT2D eigenvalue weighted by molar-refractivity contribution is 9.08. The summed E-state index contributed by atoms with van der Waals surface area (Å²) in [7, 11) is 0. The molecular weight excluding hydrogens is 460 g/mol. The van der Waals surface area contributed by atoms with Crippen LogP contribution in [0.15, 0.2) is 48.5 Å². The van der Waals surface area contributed by atoms with Crippen molar-refractivity contribution < 1.29 is 13.6 Å². The van der Waals surface area contributed by atoms with Gasteiger partial charge in [-0.05, 0) is 96.5 Å². The molecule has 0 saturated carbocycles. The molecule has 1 heterocycles. The zero-order valence-corrected chi connectivity index (χ0v) is 19.4. The van der Waals surface area contributed by atoms with Crippen molar-refractivity contribution in [1.82, 2.24) is 4.90 Å². The van der Waals surface area contributed by atoms with E-state index in [4.69, 9.17) is 0 Å². The van der Waals surface area contributed by atoms with E-state index in [2.05, 4.69) is 22.0 Å². The van der Waals surface area contributed by atoms with Crippen LogP contribution in [-0.2, 0) is 11.8 Å². The average molecular weight is 484 g/mol. The van der Waals surface area contributed by atoms with Crippen LogP contribution in [0.25, 0.3) is 11.1 Å². The first-order valence-electron chi connectivity index (χ1n) is 10.4. The Morgan fingerprint density at radius 2 is 1.71 bits per heavy atom. The first-order valence-corrected chi connectivity index (χ1v) is 11.5. The molecule has 31 heavy (non-hydrogen) atoms. The fourth-order valence-electron chi connectivity index (χ4n) is 4.40. The molecule has 3 aromatic carbocycles. The molecule has 0 saturated heterocycles. The number of alkyl halides is 1. The quantitative estimate of drug-likeness (QED) is 0.369. The summed E-state index contributed by atoms with van der Waals surface area (Å²) < 4.78 is 27.4. The van der Waals surface area contributed by atoms with Gasteiger partial charge in [0.25, 0.3) is 5.91 Å². The van der Waals surface area contributed by atoms with E-state index in [0.29, 0.717) is 29.4 Å². The normalized spacial score (nSPS) is 14.5. The smallest absolute Gasteiger partial charge is 0.254 e. The summed E-state index contributed by atoms with van der Waals surface area (Å²) in [6, 6.07) is 13.7. The van der Waals surface area contributed by atoms with Crippen LogP contribution in [0.4, 0.5) is 8.78 Å². The molecule has 0 radical (unpaired) electrons. The zero-order valence-electron chi connectivity index (χ0n) is 17.8. The number of hydrogen-bond donors (Lipinski definition) is 0. The Morgan fingerprint density at radius 3 is 2.39 bits per heavy atom. The molecule has 0 aromatic heterocycles. The first kappa shape index (κ1) is 21.7. The summed E-state index contributed by atoms with van der Waals surface area (Å²) in [5.74, 6) is -0.537. The zero-order chi connectivity index (χ0) is 22.3. The largest absolute Gasteiger partial charge is 0.332 e. The topological polar surface area (TPSA) is 20.3 Å². The van der Waals surface area contributed by atoms with E-state index in [1.165, 1.54) is 18.2 Å². The van der Waals surface area contributed by atoms with Gasteiger partial charge in [-0.2, -0.15) is 0 Å². The van der Waals surface area contributed by atoms with Gasteiger partial charge in [-0.15, -0.1) is 0 Å². The van der Waals surface area contributed by atoms with Crippen LogP contribution < -0.4 is 0 Å². The van der Waals surface area contributed by atoms with Gasteiger partial charge in [0.1, 0.15) is 11.6 Å². The van der Waals surface area contributed by atoms with Crippen LogP contribution in [0.5, 0.6) is 0 Å². The Bertz CT molecular complexity index is 1170. The van der Waals surface area contributed by atoms with Crippen molar-refractivity contribution >= 4 is 21.8 Å². The van der Waals surface area contributed by atoms with Crippen LogP contribution in [0, 0.1) is 25.5 Å². The van der Waals surface area contributed by atoms with Crippen molar-refractivity contribution in [2.24, 2.45) is 0 Å². The van der Waals surface area contributed by atoms with E-state index in [1.54, 1.807) is 19.1 Å². The molecule has 0 fully saturated rings. The maximum atomic E-state index is 13.7. The molecule has 1 aliphatic heterocycles. The third-order valence-electron chi connectivity index (χ3n) is 6.17. The van der Waals surface area contributed by atoms with Crippen molar-refractivity contribution in [2.75, 3.05) is 6.54 Å². The molecule has 1 atom stereocenters. The monoisotopic (exact) mass is 483 g/mol. The molecule has 0 aliphatic carbocycles. The summed E-state index contributed by atoms with van der Waals surface area (Å²) in [6.45, 7) is 6.18. The van der Waals surface area contributed by atoms with Crippen molar-refractivity contribution in [2.45, 2.75) is 38.6 Å². The highest BCUT2D eigenvalue weighted by Gasteiger charge is 2.31. The van der Waals surface area contributed by atoms with E-state index in [9.17, 15) is 13.6 Å². The van der Waals surface area contributed by atoms with Gasteiger partial charge in [-0.3, -0.25) is 4.79 Å². The Hall–Kier alpha value is -2.53. The standard InChI is InChI=1S/C26H24BrF2NO/c1-15-11-20(28)5-6-21(15)23-12-18(14-27)13-24-22(23)8-9-30(26(24)31)17(3)19-4-7-25(29)16(2)10-19/h4-7,10-13,17H,8-9,14H2,1-3H3/t17-/m0/s1. The third-order valence-corrected chi connectivity index (χ3v) is 6.82. The number of benzene rings is 3. The van der Waals surface area contributed by atoms with Crippen LogP contribution in [-0.4, -0.2) is 17.4 Å². The number of nitrogens with zero attached hydrogens (tertiary/aromatic N) is 1. The van der Waals surface area contributed by atoms with Crippen molar-refractivity contribution in [3.05, 3.63) is 93.5 Å². The molecule has 160 valence electrons. The lowest BCUT2D eigenvalue weighted by Crippen LogP contribution is -2.39. The van der Waals surface area contributed by atoms with Crippen molar-refractivity contribution in [3.63, 3.8) is 0 Å². The Balaban J connectivity index is 1.77. The van der Waals surface area contributed by atoms with Crippen LogP contribution >= 0.6 is 15.9 Å². The number of rotatable bonds is 4. The molecule has 1 aliphatic rings. The van der Waals surface area contributed by atoms with E-state index in [0.717, 1.165) is 33.4 Å². The van der Waals surface area contributed by atoms with Crippen LogP contribution in [0.3, 0.4) is 0 Å². The second-order valence-corrected chi connectivity index (χ2v) is 8.76. The fourth-order valence-corrected chi connectivity index (χ4v) is 4.73. The second-order valence-electron chi connectivity index (χ2n) is 8.20. The van der Waals surface area contributed by atoms with E-state index >= 15 is 0 Å². The summed E-state index contributed by atoms with van der Waals surface area (Å²) in [5, 5.41) is 0.619. The Labute approximate surface area is 190 Å². The van der Waals surface area contributed by atoms with Crippen molar-refractivity contribution in [3.8, 4) is 11.1 Å². The summed E-state index contributed by atoms with van der Waals surface area (Å²) in [5.41, 5.74) is 6.96. The van der Waals surface area contributed by atoms with Gasteiger partial charge in [0.15, 0.2) is 0 Å². The lowest BCUT2D eigenvalue weighted by molar-refractivity contribution is 0.0673. The number of halogens is 3. The van der Waals surface area contributed by atoms with Crippen LogP contribution in [0.2, 0.25) is 0 Å². The van der Waals surface area contributed by atoms with Gasteiger partial charge in [-0.25, -0.2) is 8.78 Å². The molecule has 0 N–H and O–H groups in total. The minimum absolute atomic E-state index is 0.0282. The average Bonchev–Trinajstić information content (AvgIpc) is 2.75. The summed E-state index contributed by atoms with van der Waals surface area (Å²) in [6.07, 6.45) is 0.709. The minimum atomic E-state index is -0.266. The minimum Gasteiger partial charge on any atom is -0.332 e. The van der Waals surface area contributed by atoms with Gasteiger partial charge in [0.2, 0.25) is 0 Å². The summed E-state index contributed by atoms with van der Waals surface area (Å²) in [4.78, 5) is 15.4. The first-order chi connectivity index (χ1) is 14.8. The molecule has 2 nitrogen and oxygen atoms in total. The fraction of sp³-hybridized carbons (Fsp3) is 0.269. The second kappa shape index (κ2) is 8.54. The predicted octanol–water partition coefficient (Wildman–Crippen LogP) is 6.90. The number of carbonyl (C=O) groups is 1. The molecule has 3 aromatic rings. The number of carbonyl (C=O) groups excluding carboxylic acids is 1. The maximum Gasteiger partial charge on any atom is 0.254 e. The molecule has 5 heteroatoms. The number of hydrogen-bond acceptors (Lipinski definition) is 1. The van der Waals surface area contributed by atoms with Gasteiger partial charge in [-0.1, -0.05) is 34.1 Å². The number of amides is 1. The van der Waals surface area contributed by atoms with E-state index in [1.807, 2.05) is 30.9 Å². The third kappa shape index (κ3) is 4.03. The van der Waals surface area contributed by atoms with Gasteiger partial charge in [0.05, 0.1) is 6.04 Å². The predicted molar refractivity (Wildman–Crippen MR) is 123 cm³/mol. The maximum absolute atomic E-state index is 13.7. The Kier molecular flexibility index (Phi) is 5.98. The van der Waals surface area contributed by atoms with Gasteiger partial charge < -0.3 is 4.90 Å². The highest BCUT2D eigenvalue weighted by Crippen LogP contribution is 2.36. The molecule has 0 bridgehead atoms. The van der Waals surface area contributed by atoms with Crippen LogP contribution in [0.1, 0.15) is 51.1 Å². The molecule has 4 rings (SSSR count). The van der Waals surface area contributed by atoms with Gasteiger partial charge >= 0.3 is 0 Å². The lowest BCUT2D eigenvalue weighted by Gasteiger charge is -2.35. The lowest BCUT2D eigenvalue weighted by atomic mass is 9.86. The summed E-state index contributed by atoms with van der Waals surface area (Å²) >= 11 is 3.52. The molecular formula is C26H24BrF2NO. The van der Waals surface area contributed by atoms with E-state index < -0.39 is 0 Å². The Morgan fingerprint density at radius 1 is 0.968 bits per heavy atom. The van der Waals surface area contributed by atoms with Crippen molar-refractivity contribution in [1.29, 1.82) is 0 Å². The van der Waals surface area contributed by atoms with E-state index in [-0.39, 0.29) is 23.6 Å². The number of fused-ring (bicyclic) bond motifs is 1. The molecule has 1 amide bonds. The highest BCUT2D eigenvalue weighted by atomic mass is 79.9. The number of aryl methyl sites for hydroxylation is 2.